The Balaban J connectivity index is 1.19. The average Bonchev–Trinajstić information content (AvgIpc) is 3.27. The highest BCUT2D eigenvalue weighted by Gasteiger charge is 2.30. The SMILES string of the molecule is CC(C)(C)OC(=O)N1CCC(C(=O)Nc2ccc(Cl)c(NC3=NC(=O)/C(=C/c4ccc5ncccc5c4)S3)c2)CC1. The molecule has 0 saturated carbocycles. The quantitative estimate of drug-likeness (QED) is 0.330. The van der Waals surface area contributed by atoms with Crippen molar-refractivity contribution in [3.8, 4) is 0 Å². The summed E-state index contributed by atoms with van der Waals surface area (Å²) in [7, 11) is 0. The zero-order valence-corrected chi connectivity index (χ0v) is 24.5. The Hall–Kier alpha value is -3.89. The molecule has 41 heavy (non-hydrogen) atoms. The molecule has 1 aromatic heterocycles. The number of amides is 3. The van der Waals surface area contributed by atoms with Gasteiger partial charge in [0.2, 0.25) is 5.91 Å². The van der Waals surface area contributed by atoms with E-state index in [2.05, 4.69) is 20.6 Å². The summed E-state index contributed by atoms with van der Waals surface area (Å²) in [6.45, 7) is 6.40. The number of nitrogens with zero attached hydrogens (tertiary/aromatic N) is 3. The molecule has 1 saturated heterocycles. The van der Waals surface area contributed by atoms with Gasteiger partial charge in [0.25, 0.3) is 5.91 Å². The van der Waals surface area contributed by atoms with Crippen molar-refractivity contribution in [2.75, 3.05) is 23.7 Å². The van der Waals surface area contributed by atoms with Crippen molar-refractivity contribution in [2.45, 2.75) is 39.2 Å². The molecule has 0 spiro atoms. The van der Waals surface area contributed by atoms with E-state index in [1.807, 2.05) is 51.1 Å². The van der Waals surface area contributed by atoms with Crippen LogP contribution in [0.2, 0.25) is 5.02 Å². The summed E-state index contributed by atoms with van der Waals surface area (Å²) in [5.41, 5.74) is 2.27. The van der Waals surface area contributed by atoms with Crippen LogP contribution < -0.4 is 10.6 Å². The molecule has 3 aromatic rings. The number of ether oxygens (including phenoxy) is 1. The molecule has 0 radical (unpaired) electrons. The fourth-order valence-electron chi connectivity index (χ4n) is 4.51. The standard InChI is InChI=1S/C30H30ClN5O4S/c1-30(2,3)40-29(39)36-13-10-19(11-14-36)26(37)33-21-7-8-22(31)24(17-21)34-28-35-27(38)25(41-28)16-18-6-9-23-20(15-18)5-4-12-32-23/h4-9,12,15-17,19H,10-11,13-14H2,1-3H3,(H,33,37)(H,34,35,38)/b25-16-. The molecule has 3 amide bonds. The van der Waals surface area contributed by atoms with Crippen LogP contribution in [-0.2, 0) is 14.3 Å². The van der Waals surface area contributed by atoms with E-state index in [0.29, 0.717) is 52.4 Å². The van der Waals surface area contributed by atoms with Gasteiger partial charge in [-0.3, -0.25) is 14.6 Å². The molecule has 11 heteroatoms. The van der Waals surface area contributed by atoms with E-state index in [4.69, 9.17) is 16.3 Å². The second-order valence-corrected chi connectivity index (χ2v) is 12.3. The highest BCUT2D eigenvalue weighted by molar-refractivity contribution is 8.18. The zero-order valence-electron chi connectivity index (χ0n) is 22.9. The normalized spacial score (nSPS) is 17.1. The van der Waals surface area contributed by atoms with Crippen LogP contribution in [0.25, 0.3) is 17.0 Å². The number of rotatable bonds is 4. The van der Waals surface area contributed by atoms with Gasteiger partial charge >= 0.3 is 6.09 Å². The van der Waals surface area contributed by atoms with Gasteiger partial charge in [-0.05, 0) is 93.4 Å². The molecule has 2 aromatic carbocycles. The Morgan fingerprint density at radius 2 is 1.90 bits per heavy atom. The number of hydrogen-bond donors (Lipinski definition) is 2. The number of halogens is 1. The molecule has 2 aliphatic rings. The van der Waals surface area contributed by atoms with Gasteiger partial charge in [0.05, 0.1) is 21.1 Å². The van der Waals surface area contributed by atoms with Crippen LogP contribution >= 0.6 is 23.4 Å². The van der Waals surface area contributed by atoms with E-state index in [1.54, 1.807) is 35.4 Å². The molecular formula is C30H30ClN5O4S. The Morgan fingerprint density at radius 1 is 1.12 bits per heavy atom. The third kappa shape index (κ3) is 7.25. The number of carbonyl (C=O) groups is 3. The summed E-state index contributed by atoms with van der Waals surface area (Å²) in [6, 6.07) is 14.7. The van der Waals surface area contributed by atoms with Crippen LogP contribution in [0.4, 0.5) is 16.2 Å². The monoisotopic (exact) mass is 591 g/mol. The van der Waals surface area contributed by atoms with Gasteiger partial charge in [-0.25, -0.2) is 4.79 Å². The molecule has 0 aliphatic carbocycles. The number of aromatic nitrogens is 1. The second-order valence-electron chi connectivity index (χ2n) is 10.8. The molecule has 9 nitrogen and oxygen atoms in total. The van der Waals surface area contributed by atoms with Crippen molar-refractivity contribution in [1.29, 1.82) is 0 Å². The van der Waals surface area contributed by atoms with Crippen molar-refractivity contribution < 1.29 is 19.1 Å². The van der Waals surface area contributed by atoms with Gasteiger partial charge < -0.3 is 20.3 Å². The molecule has 3 heterocycles. The molecule has 212 valence electrons. The maximum Gasteiger partial charge on any atom is 0.410 e. The minimum Gasteiger partial charge on any atom is -0.444 e. The molecule has 0 unspecified atom stereocenters. The maximum absolute atomic E-state index is 13.0. The number of nitrogens with one attached hydrogen (secondary N) is 2. The number of anilines is 2. The molecule has 2 aliphatic heterocycles. The van der Waals surface area contributed by atoms with Crippen LogP contribution in [0.15, 0.2) is 64.6 Å². The van der Waals surface area contributed by atoms with Gasteiger partial charge in [-0.1, -0.05) is 23.7 Å². The first kappa shape index (κ1) is 28.6. The number of fused-ring (bicyclic) bond motifs is 1. The fraction of sp³-hybridized carbons (Fsp3) is 0.300. The second kappa shape index (κ2) is 11.9. The first-order valence-corrected chi connectivity index (χ1v) is 14.5. The summed E-state index contributed by atoms with van der Waals surface area (Å²) >= 11 is 7.63. The highest BCUT2D eigenvalue weighted by Crippen LogP contribution is 2.33. The first-order chi connectivity index (χ1) is 19.5. The molecule has 0 atom stereocenters. The largest absolute Gasteiger partial charge is 0.444 e. The Morgan fingerprint density at radius 3 is 2.66 bits per heavy atom. The minimum absolute atomic E-state index is 0.124. The predicted molar refractivity (Wildman–Crippen MR) is 164 cm³/mol. The lowest BCUT2D eigenvalue weighted by Gasteiger charge is -2.32. The van der Waals surface area contributed by atoms with Crippen LogP contribution in [0.3, 0.4) is 0 Å². The summed E-state index contributed by atoms with van der Waals surface area (Å²) < 4.78 is 5.43. The summed E-state index contributed by atoms with van der Waals surface area (Å²) in [6.07, 6.45) is 4.27. The average molecular weight is 592 g/mol. The molecular weight excluding hydrogens is 562 g/mol. The summed E-state index contributed by atoms with van der Waals surface area (Å²) in [5, 5.41) is 7.86. The van der Waals surface area contributed by atoms with Crippen molar-refractivity contribution >= 4 is 74.8 Å². The van der Waals surface area contributed by atoms with E-state index >= 15 is 0 Å². The van der Waals surface area contributed by atoms with Crippen LogP contribution in [0, 0.1) is 5.92 Å². The molecule has 5 rings (SSSR count). The van der Waals surface area contributed by atoms with Gasteiger partial charge in [-0.15, -0.1) is 0 Å². The lowest BCUT2D eigenvalue weighted by atomic mass is 9.96. The highest BCUT2D eigenvalue weighted by atomic mass is 35.5. The molecule has 1 fully saturated rings. The number of likely N-dealkylation sites (tertiary alicyclic amines) is 1. The smallest absolute Gasteiger partial charge is 0.410 e. The van der Waals surface area contributed by atoms with Crippen LogP contribution in [-0.4, -0.2) is 51.6 Å². The topological polar surface area (TPSA) is 113 Å². The van der Waals surface area contributed by atoms with E-state index in [1.165, 1.54) is 11.8 Å². The third-order valence-corrected chi connectivity index (χ3v) is 7.77. The summed E-state index contributed by atoms with van der Waals surface area (Å²) in [4.78, 5) is 48.5. The van der Waals surface area contributed by atoms with Crippen molar-refractivity contribution in [3.63, 3.8) is 0 Å². The van der Waals surface area contributed by atoms with Gasteiger partial charge in [0.15, 0.2) is 5.17 Å². The van der Waals surface area contributed by atoms with Gasteiger partial charge in [0, 0.05) is 36.3 Å². The number of pyridine rings is 1. The maximum atomic E-state index is 13.0. The first-order valence-electron chi connectivity index (χ1n) is 13.3. The van der Waals surface area contributed by atoms with Gasteiger partial charge in [0.1, 0.15) is 5.60 Å². The molecule has 2 N–H and O–H groups in total. The lowest BCUT2D eigenvalue weighted by molar-refractivity contribution is -0.121. The number of aliphatic imine (C=N–C) groups is 1. The van der Waals surface area contributed by atoms with Crippen LogP contribution in [0.5, 0.6) is 0 Å². The van der Waals surface area contributed by atoms with Crippen LogP contribution in [0.1, 0.15) is 39.2 Å². The Kier molecular flexibility index (Phi) is 8.32. The van der Waals surface area contributed by atoms with Gasteiger partial charge in [-0.2, -0.15) is 4.99 Å². The van der Waals surface area contributed by atoms with Crippen molar-refractivity contribution in [2.24, 2.45) is 10.9 Å². The number of benzene rings is 2. The minimum atomic E-state index is -0.561. The van der Waals surface area contributed by atoms with E-state index < -0.39 is 5.60 Å². The lowest BCUT2D eigenvalue weighted by Crippen LogP contribution is -2.43. The van der Waals surface area contributed by atoms with E-state index in [9.17, 15) is 14.4 Å². The van der Waals surface area contributed by atoms with Crippen molar-refractivity contribution in [3.05, 3.63) is 70.2 Å². The Labute approximate surface area is 247 Å². The fourth-order valence-corrected chi connectivity index (χ4v) is 5.50. The predicted octanol–water partition coefficient (Wildman–Crippen LogP) is 6.56. The zero-order chi connectivity index (χ0) is 29.1. The van der Waals surface area contributed by atoms with Crippen molar-refractivity contribution in [1.82, 2.24) is 9.88 Å². The third-order valence-electron chi connectivity index (χ3n) is 6.54. The molecule has 0 bridgehead atoms. The Bertz CT molecular complexity index is 1570. The number of piperidine rings is 1. The van der Waals surface area contributed by atoms with E-state index in [-0.39, 0.29) is 23.8 Å². The number of thioether (sulfide) groups is 1. The number of amidine groups is 1. The number of carbonyl (C=O) groups excluding carboxylic acids is 3. The number of hydrogen-bond acceptors (Lipinski definition) is 7. The summed E-state index contributed by atoms with van der Waals surface area (Å²) in [5.74, 6) is -0.700. The van der Waals surface area contributed by atoms with E-state index in [0.717, 1.165) is 16.5 Å².